The second kappa shape index (κ2) is 1.48. The van der Waals surface area contributed by atoms with Gasteiger partial charge < -0.3 is 0 Å². The Morgan fingerprint density at radius 1 is 1.44 bits per heavy atom. The van der Waals surface area contributed by atoms with Crippen molar-refractivity contribution in [1.82, 2.24) is 25.4 Å². The van der Waals surface area contributed by atoms with E-state index in [-0.39, 0.29) is 0 Å². The minimum atomic E-state index is 0.602. The van der Waals surface area contributed by atoms with E-state index in [2.05, 4.69) is 25.4 Å². The molecule has 0 saturated heterocycles. The first-order valence-electron chi connectivity index (χ1n) is 2.43. The Morgan fingerprint density at radius 3 is 3.33 bits per heavy atom. The lowest BCUT2D eigenvalue weighted by molar-refractivity contribution is 0.957. The normalized spacial score (nSPS) is 10.2. The molecule has 1 N–H and O–H groups in total. The molecule has 0 bridgehead atoms. The smallest absolute Gasteiger partial charge is 0.202 e. The van der Waals surface area contributed by atoms with Gasteiger partial charge in [0, 0.05) is 0 Å². The van der Waals surface area contributed by atoms with E-state index in [1.54, 1.807) is 6.20 Å². The first kappa shape index (κ1) is 4.37. The van der Waals surface area contributed by atoms with Crippen molar-refractivity contribution in [2.75, 3.05) is 0 Å². The number of hydrogen-bond donors (Lipinski definition) is 1. The summed E-state index contributed by atoms with van der Waals surface area (Å²) in [5.74, 6) is 0.602. The van der Waals surface area contributed by atoms with Crippen LogP contribution in [0, 0.1) is 0 Å². The van der Waals surface area contributed by atoms with Crippen molar-refractivity contribution in [3.05, 3.63) is 12.5 Å². The molecule has 2 aliphatic heterocycles. The van der Waals surface area contributed by atoms with Gasteiger partial charge >= 0.3 is 0 Å². The summed E-state index contributed by atoms with van der Waals surface area (Å²) in [4.78, 5) is 3.83. The fourth-order valence-corrected chi connectivity index (χ4v) is 0.609. The van der Waals surface area contributed by atoms with Gasteiger partial charge in [-0.25, -0.2) is 4.98 Å². The number of aromatic nitrogens is 5. The third kappa shape index (κ3) is 0.543. The topological polar surface area (TPSA) is 67.3 Å². The Kier molecular flexibility index (Phi) is 0.717. The molecule has 2 rings (SSSR count). The van der Waals surface area contributed by atoms with E-state index in [0.717, 1.165) is 5.69 Å². The molecular weight excluding hydrogens is 118 g/mol. The molecule has 5 heteroatoms. The third-order valence-electron chi connectivity index (χ3n) is 1.00. The quantitative estimate of drug-likeness (QED) is 0.519. The van der Waals surface area contributed by atoms with Gasteiger partial charge in [0.15, 0.2) is 0 Å². The lowest BCUT2D eigenvalue weighted by Gasteiger charge is -1.87. The van der Waals surface area contributed by atoms with Crippen LogP contribution in [0.4, 0.5) is 0 Å². The zero-order valence-electron chi connectivity index (χ0n) is 4.44. The fraction of sp³-hybridized carbons (Fsp3) is 0. The molecule has 0 aromatic rings. The number of H-pyrrole nitrogens is 1. The van der Waals surface area contributed by atoms with Gasteiger partial charge in [0.1, 0.15) is 12.0 Å². The van der Waals surface area contributed by atoms with E-state index in [0.29, 0.717) is 5.82 Å². The van der Waals surface area contributed by atoms with Crippen molar-refractivity contribution in [2.24, 2.45) is 0 Å². The Balaban J connectivity index is 2.79. The molecule has 0 saturated carbocycles. The average molecular weight is 121 g/mol. The maximum absolute atomic E-state index is 3.83. The van der Waals surface area contributed by atoms with Crippen LogP contribution in [0.1, 0.15) is 0 Å². The Hall–Kier alpha value is -1.52. The second-order valence-electron chi connectivity index (χ2n) is 1.57. The number of nitrogens with zero attached hydrogens (tertiary/aromatic N) is 4. The summed E-state index contributed by atoms with van der Waals surface area (Å²) < 4.78 is 0. The van der Waals surface area contributed by atoms with Crippen LogP contribution in [0.15, 0.2) is 12.5 Å². The lowest BCUT2D eigenvalue weighted by Crippen LogP contribution is -1.88. The van der Waals surface area contributed by atoms with E-state index < -0.39 is 0 Å². The molecule has 2 aliphatic rings. The molecule has 0 amide bonds. The van der Waals surface area contributed by atoms with Crippen LogP contribution >= 0.6 is 0 Å². The molecule has 2 heterocycles. The second-order valence-corrected chi connectivity index (χ2v) is 1.57. The molecule has 5 nitrogen and oxygen atoms in total. The van der Waals surface area contributed by atoms with Gasteiger partial charge in [-0.2, -0.15) is 10.2 Å². The largest absolute Gasteiger partial charge is 0.271 e. The van der Waals surface area contributed by atoms with Crippen molar-refractivity contribution in [3.8, 4) is 11.5 Å². The van der Waals surface area contributed by atoms with E-state index in [4.69, 9.17) is 0 Å². The predicted molar refractivity (Wildman–Crippen MR) is 28.6 cm³/mol. The summed E-state index contributed by atoms with van der Waals surface area (Å²) in [5.41, 5.74) is 0.762. The van der Waals surface area contributed by atoms with Gasteiger partial charge in [-0.15, -0.1) is 5.10 Å². The van der Waals surface area contributed by atoms with Crippen molar-refractivity contribution in [1.29, 1.82) is 0 Å². The molecule has 9 heavy (non-hydrogen) atoms. The molecule has 0 unspecified atom stereocenters. The van der Waals surface area contributed by atoms with Crippen molar-refractivity contribution < 1.29 is 0 Å². The number of rotatable bonds is 0. The summed E-state index contributed by atoms with van der Waals surface area (Å²) in [6.07, 6.45) is 2.98. The highest BCUT2D eigenvalue weighted by Crippen LogP contribution is 2.06. The number of hydrogen-bond acceptors (Lipinski definition) is 4. The van der Waals surface area contributed by atoms with Crippen LogP contribution in [0.25, 0.3) is 11.5 Å². The predicted octanol–water partition coefficient (Wildman–Crippen LogP) is -0.301. The monoisotopic (exact) mass is 121 g/mol. The van der Waals surface area contributed by atoms with Crippen LogP contribution in [0.2, 0.25) is 0 Å². The molecule has 0 aromatic heterocycles. The first-order chi connectivity index (χ1) is 4.47. The Labute approximate surface area is 50.5 Å². The Bertz CT molecular complexity index is 249. The number of aromatic amines is 1. The van der Waals surface area contributed by atoms with Gasteiger partial charge in [0.05, 0.1) is 6.20 Å². The molecular formula is C4H3N5. The van der Waals surface area contributed by atoms with Gasteiger partial charge in [0.2, 0.25) is 5.82 Å². The van der Waals surface area contributed by atoms with Crippen LogP contribution in [0.5, 0.6) is 0 Å². The summed E-state index contributed by atoms with van der Waals surface area (Å²) in [5, 5.41) is 13.7. The summed E-state index contributed by atoms with van der Waals surface area (Å²) in [7, 11) is 0. The SMILES string of the molecule is c1n[nH]c2cnnc-2n1. The van der Waals surface area contributed by atoms with Crippen LogP contribution in [0.3, 0.4) is 0 Å². The van der Waals surface area contributed by atoms with Gasteiger partial charge in [-0.05, 0) is 0 Å². The average Bonchev–Trinajstić information content (AvgIpc) is 2.33. The number of nitrogens with one attached hydrogen (secondary N) is 1. The summed E-state index contributed by atoms with van der Waals surface area (Å²) in [6, 6.07) is 0. The van der Waals surface area contributed by atoms with Crippen LogP contribution < -0.4 is 0 Å². The summed E-state index contributed by atoms with van der Waals surface area (Å²) in [6.45, 7) is 0. The molecule has 0 aromatic carbocycles. The van der Waals surface area contributed by atoms with Crippen molar-refractivity contribution in [2.45, 2.75) is 0 Å². The lowest BCUT2D eigenvalue weighted by atomic mass is 10.5. The van der Waals surface area contributed by atoms with Gasteiger partial charge in [-0.1, -0.05) is 0 Å². The molecule has 0 aliphatic carbocycles. The van der Waals surface area contributed by atoms with Crippen molar-refractivity contribution >= 4 is 0 Å². The molecule has 44 valence electrons. The van der Waals surface area contributed by atoms with E-state index in [9.17, 15) is 0 Å². The minimum Gasteiger partial charge on any atom is -0.271 e. The Morgan fingerprint density at radius 2 is 2.44 bits per heavy atom. The van der Waals surface area contributed by atoms with Crippen LogP contribution in [-0.2, 0) is 0 Å². The third-order valence-corrected chi connectivity index (χ3v) is 1.00. The molecule has 0 atom stereocenters. The highest BCUT2D eigenvalue weighted by atomic mass is 15.2. The fourth-order valence-electron chi connectivity index (χ4n) is 0.609. The summed E-state index contributed by atoms with van der Waals surface area (Å²) >= 11 is 0. The number of fused-ring (bicyclic) bond motifs is 1. The maximum atomic E-state index is 3.83. The maximum Gasteiger partial charge on any atom is 0.202 e. The van der Waals surface area contributed by atoms with E-state index >= 15 is 0 Å². The van der Waals surface area contributed by atoms with E-state index in [1.807, 2.05) is 0 Å². The van der Waals surface area contributed by atoms with E-state index in [1.165, 1.54) is 6.33 Å². The molecule has 0 fully saturated rings. The first-order valence-corrected chi connectivity index (χ1v) is 2.43. The standard InChI is InChI=1S/C4H3N5/c1-3-4(9-6-1)5-2-7-8-3/h1-2,8H. The van der Waals surface area contributed by atoms with Gasteiger partial charge in [0.25, 0.3) is 0 Å². The highest BCUT2D eigenvalue weighted by molar-refractivity contribution is 5.45. The minimum absolute atomic E-state index is 0.602. The highest BCUT2D eigenvalue weighted by Gasteiger charge is 2.02. The zero-order valence-corrected chi connectivity index (χ0v) is 4.44. The van der Waals surface area contributed by atoms with Crippen LogP contribution in [-0.4, -0.2) is 25.4 Å². The van der Waals surface area contributed by atoms with Gasteiger partial charge in [-0.3, -0.25) is 5.10 Å². The van der Waals surface area contributed by atoms with Crippen molar-refractivity contribution in [3.63, 3.8) is 0 Å². The molecule has 0 spiro atoms. The molecule has 0 radical (unpaired) electrons. The zero-order chi connectivity index (χ0) is 6.10.